The van der Waals surface area contributed by atoms with Gasteiger partial charge in [-0.2, -0.15) is 5.10 Å². The largest absolute Gasteiger partial charge is 0.460 e. The van der Waals surface area contributed by atoms with Crippen molar-refractivity contribution in [3.8, 4) is 0 Å². The zero-order valence-corrected chi connectivity index (χ0v) is 24.3. The molecule has 12 nitrogen and oxygen atoms in total. The van der Waals surface area contributed by atoms with E-state index in [-0.39, 0.29) is 19.0 Å². The van der Waals surface area contributed by atoms with Crippen LogP contribution in [0.4, 0.5) is 4.79 Å². The number of amides is 3. The number of alkyl halides is 3. The summed E-state index contributed by atoms with van der Waals surface area (Å²) in [6.07, 6.45) is 3.32. The molecule has 1 aromatic heterocycles. The summed E-state index contributed by atoms with van der Waals surface area (Å²) >= 11 is 16.9. The number of hydrogen-bond acceptors (Lipinski definition) is 8. The van der Waals surface area contributed by atoms with E-state index in [0.717, 1.165) is 0 Å². The number of carbonyl (C=O) groups is 4. The summed E-state index contributed by atoms with van der Waals surface area (Å²) in [6, 6.07) is -1.22. The second-order valence-corrected chi connectivity index (χ2v) is 12.7. The van der Waals surface area contributed by atoms with Crippen molar-refractivity contribution in [3.05, 3.63) is 18.5 Å². The van der Waals surface area contributed by atoms with Crippen molar-refractivity contribution < 1.29 is 28.7 Å². The van der Waals surface area contributed by atoms with Crippen molar-refractivity contribution in [3.63, 3.8) is 0 Å². The van der Waals surface area contributed by atoms with Crippen LogP contribution in [0.25, 0.3) is 0 Å². The van der Waals surface area contributed by atoms with Crippen LogP contribution in [0.1, 0.15) is 47.5 Å². The molecule has 2 heterocycles. The minimum Gasteiger partial charge on any atom is -0.460 e. The van der Waals surface area contributed by atoms with E-state index < -0.39 is 58.0 Å². The van der Waals surface area contributed by atoms with E-state index in [1.54, 1.807) is 53.1 Å². The lowest BCUT2D eigenvalue weighted by molar-refractivity contribution is -0.153. The first-order valence-corrected chi connectivity index (χ1v) is 13.3. The number of hydrazine groups is 1. The van der Waals surface area contributed by atoms with Crippen LogP contribution in [0.5, 0.6) is 0 Å². The number of hydrogen-bond donors (Lipinski definition) is 3. The monoisotopic (exact) mass is 596 g/mol. The Labute approximate surface area is 236 Å². The second kappa shape index (κ2) is 13.7. The number of alkyl carbamates (subject to hydrolysis) is 1. The highest BCUT2D eigenvalue weighted by atomic mass is 35.6. The topological polar surface area (TPSA) is 144 Å². The summed E-state index contributed by atoms with van der Waals surface area (Å²) in [5.74, 6) is -2.07. The van der Waals surface area contributed by atoms with Gasteiger partial charge in [0.1, 0.15) is 30.3 Å². The molecule has 3 N–H and O–H groups in total. The van der Waals surface area contributed by atoms with Gasteiger partial charge in [-0.05, 0) is 45.6 Å². The lowest BCUT2D eigenvalue weighted by Crippen LogP contribution is -2.62. The van der Waals surface area contributed by atoms with Gasteiger partial charge in [-0.1, -0.05) is 48.7 Å². The van der Waals surface area contributed by atoms with Crippen molar-refractivity contribution in [1.82, 2.24) is 30.8 Å². The predicted molar refractivity (Wildman–Crippen MR) is 141 cm³/mol. The average Bonchev–Trinajstić information content (AvgIpc) is 3.31. The van der Waals surface area contributed by atoms with Gasteiger partial charge in [0.15, 0.2) is 0 Å². The number of halogens is 3. The first kappa shape index (κ1) is 31.9. The Bertz CT molecular complexity index is 964. The summed E-state index contributed by atoms with van der Waals surface area (Å²) < 4.78 is 10.0. The smallest absolute Gasteiger partial charge is 0.408 e. The van der Waals surface area contributed by atoms with E-state index in [1.807, 2.05) is 0 Å². The Morgan fingerprint density at radius 3 is 2.39 bits per heavy atom. The van der Waals surface area contributed by atoms with Crippen molar-refractivity contribution in [1.29, 1.82) is 0 Å². The van der Waals surface area contributed by atoms with Crippen LogP contribution in [0.15, 0.2) is 18.5 Å². The Balaban J connectivity index is 2.15. The number of aromatic nitrogens is 2. The SMILES string of the molecule is CC(C)[C@H](NC(=O)OC(C)(C)C)C(=O)N[C@@H](Cn1cccn1)C(=O)N1CCC[C@@H](C(=O)OCC(Cl)(Cl)Cl)N1. The Hall–Kier alpha value is -2.28. The maximum absolute atomic E-state index is 13.5. The summed E-state index contributed by atoms with van der Waals surface area (Å²) in [7, 11) is 0. The van der Waals surface area contributed by atoms with Gasteiger partial charge in [0.05, 0.1) is 6.54 Å². The molecule has 0 unspecified atom stereocenters. The molecule has 1 aliphatic rings. The van der Waals surface area contributed by atoms with Crippen molar-refractivity contribution in [2.45, 2.75) is 81.5 Å². The van der Waals surface area contributed by atoms with Gasteiger partial charge < -0.3 is 20.1 Å². The summed E-state index contributed by atoms with van der Waals surface area (Å²) in [4.78, 5) is 51.6. The third-order valence-electron chi connectivity index (χ3n) is 5.28. The molecule has 1 aromatic rings. The zero-order valence-electron chi connectivity index (χ0n) is 22.0. The fourth-order valence-electron chi connectivity index (χ4n) is 3.57. The van der Waals surface area contributed by atoms with E-state index >= 15 is 0 Å². The highest BCUT2D eigenvalue weighted by molar-refractivity contribution is 6.67. The van der Waals surface area contributed by atoms with Crippen LogP contribution in [0, 0.1) is 5.92 Å². The molecule has 0 radical (unpaired) electrons. The molecule has 0 aromatic carbocycles. The third-order valence-corrected chi connectivity index (χ3v) is 5.61. The number of nitrogens with zero attached hydrogens (tertiary/aromatic N) is 3. The predicted octanol–water partition coefficient (Wildman–Crippen LogP) is 2.33. The van der Waals surface area contributed by atoms with Crippen molar-refractivity contribution in [2.75, 3.05) is 13.2 Å². The molecule has 3 atom stereocenters. The van der Waals surface area contributed by atoms with Gasteiger partial charge in [-0.3, -0.25) is 24.1 Å². The molecule has 0 bridgehead atoms. The number of esters is 1. The maximum atomic E-state index is 13.5. The molecule has 1 aliphatic heterocycles. The lowest BCUT2D eigenvalue weighted by atomic mass is 10.0. The molecule has 3 amide bonds. The van der Waals surface area contributed by atoms with Gasteiger partial charge in [0.25, 0.3) is 5.91 Å². The van der Waals surface area contributed by atoms with Crippen LogP contribution in [-0.2, 0) is 30.4 Å². The van der Waals surface area contributed by atoms with E-state index in [2.05, 4.69) is 21.2 Å². The number of carbonyl (C=O) groups excluding carboxylic acids is 4. The normalized spacial score (nSPS) is 17.9. The summed E-state index contributed by atoms with van der Waals surface area (Å²) in [5.41, 5.74) is 2.09. The molecule has 15 heteroatoms. The van der Waals surface area contributed by atoms with Crippen LogP contribution in [0.3, 0.4) is 0 Å². The van der Waals surface area contributed by atoms with E-state index in [9.17, 15) is 19.2 Å². The molecular formula is C23H35Cl3N6O6. The fourth-order valence-corrected chi connectivity index (χ4v) is 3.73. The van der Waals surface area contributed by atoms with Gasteiger partial charge in [0, 0.05) is 18.9 Å². The molecule has 38 heavy (non-hydrogen) atoms. The third kappa shape index (κ3) is 10.8. The molecule has 0 spiro atoms. The van der Waals surface area contributed by atoms with Gasteiger partial charge >= 0.3 is 12.1 Å². The van der Waals surface area contributed by atoms with Crippen LogP contribution >= 0.6 is 34.8 Å². The van der Waals surface area contributed by atoms with E-state index in [1.165, 1.54) is 9.69 Å². The average molecular weight is 598 g/mol. The minimum atomic E-state index is -1.76. The molecule has 1 saturated heterocycles. The quantitative estimate of drug-likeness (QED) is 0.291. The zero-order chi connectivity index (χ0) is 28.7. The Kier molecular flexibility index (Phi) is 11.5. The summed E-state index contributed by atoms with van der Waals surface area (Å²) in [6.45, 7) is 8.49. The Morgan fingerprint density at radius 1 is 1.16 bits per heavy atom. The van der Waals surface area contributed by atoms with E-state index in [0.29, 0.717) is 12.8 Å². The number of nitrogens with one attached hydrogen (secondary N) is 3. The fraction of sp³-hybridized carbons (Fsp3) is 0.696. The van der Waals surface area contributed by atoms with Crippen LogP contribution in [0.2, 0.25) is 0 Å². The number of ether oxygens (including phenoxy) is 2. The number of rotatable bonds is 9. The Morgan fingerprint density at radius 2 is 1.84 bits per heavy atom. The molecule has 0 aliphatic carbocycles. The van der Waals surface area contributed by atoms with Gasteiger partial charge in [-0.25, -0.2) is 10.2 Å². The summed E-state index contributed by atoms with van der Waals surface area (Å²) in [5, 5.41) is 10.7. The van der Waals surface area contributed by atoms with Gasteiger partial charge in [0.2, 0.25) is 9.70 Å². The van der Waals surface area contributed by atoms with Crippen LogP contribution < -0.4 is 16.1 Å². The molecule has 0 saturated carbocycles. The minimum absolute atomic E-state index is 0.00931. The van der Waals surface area contributed by atoms with Crippen molar-refractivity contribution >= 4 is 58.7 Å². The molecular weight excluding hydrogens is 563 g/mol. The second-order valence-electron chi connectivity index (χ2n) is 10.2. The molecule has 214 valence electrons. The van der Waals surface area contributed by atoms with Crippen molar-refractivity contribution in [2.24, 2.45) is 5.92 Å². The maximum Gasteiger partial charge on any atom is 0.408 e. The molecule has 2 rings (SSSR count). The standard InChI is InChI=1S/C23H35Cl3N6O6/c1-14(2)17(29-21(36)38-22(3,4)5)18(33)28-16(12-31-10-7-9-27-31)19(34)32-11-6-8-15(30-32)20(35)37-13-23(24,25)26/h7,9-10,14-17,30H,6,8,11-13H2,1-5H3,(H,28,33)(H,29,36)/t15-,16-,17-/m0/s1. The highest BCUT2D eigenvalue weighted by Crippen LogP contribution is 2.26. The molecule has 1 fully saturated rings. The first-order valence-electron chi connectivity index (χ1n) is 12.1. The van der Waals surface area contributed by atoms with Crippen LogP contribution in [-0.4, -0.2) is 79.3 Å². The van der Waals surface area contributed by atoms with Gasteiger partial charge in [-0.15, -0.1) is 0 Å². The lowest BCUT2D eigenvalue weighted by Gasteiger charge is -2.35. The van der Waals surface area contributed by atoms with E-state index in [4.69, 9.17) is 44.3 Å². The highest BCUT2D eigenvalue weighted by Gasteiger charge is 2.36. The first-order chi connectivity index (χ1) is 17.6.